The highest BCUT2D eigenvalue weighted by atomic mass is 32.1. The first kappa shape index (κ1) is 15.4. The van der Waals surface area contributed by atoms with Crippen molar-refractivity contribution in [3.8, 4) is 0 Å². The van der Waals surface area contributed by atoms with Gasteiger partial charge in [-0.2, -0.15) is 0 Å². The second kappa shape index (κ2) is 6.67. The van der Waals surface area contributed by atoms with Gasteiger partial charge in [-0.25, -0.2) is 9.97 Å². The molecule has 0 unspecified atom stereocenters. The van der Waals surface area contributed by atoms with Crippen molar-refractivity contribution in [2.24, 2.45) is 0 Å². The fourth-order valence-corrected chi connectivity index (χ4v) is 2.68. The number of hydrogen-bond donors (Lipinski definition) is 2. The lowest BCUT2D eigenvalue weighted by Gasteiger charge is -2.09. The number of anilines is 1. The number of carbonyl (C=O) groups excluding carboxylic acids is 1. The first-order valence-corrected chi connectivity index (χ1v) is 7.80. The number of aromatic nitrogens is 2. The number of thiazole rings is 1. The van der Waals surface area contributed by atoms with Crippen LogP contribution in [0.5, 0.6) is 0 Å². The third kappa shape index (κ3) is 4.26. The van der Waals surface area contributed by atoms with Crippen molar-refractivity contribution in [3.05, 3.63) is 39.5 Å². The summed E-state index contributed by atoms with van der Waals surface area (Å²) < 4.78 is 0. The molecule has 0 saturated heterocycles. The number of hydrogen-bond acceptors (Lipinski definition) is 5. The minimum absolute atomic E-state index is 0.126. The number of pyridine rings is 1. The van der Waals surface area contributed by atoms with Crippen LogP contribution in [0.1, 0.15) is 46.5 Å². The molecule has 0 atom stereocenters. The number of nitrogens with two attached hydrogens (primary N) is 1. The van der Waals surface area contributed by atoms with Crippen LogP contribution in [0.4, 0.5) is 5.82 Å². The minimum atomic E-state index is -0.126. The Morgan fingerprint density at radius 2 is 2.14 bits per heavy atom. The molecule has 0 aliphatic carbocycles. The van der Waals surface area contributed by atoms with Gasteiger partial charge in [0, 0.05) is 35.3 Å². The summed E-state index contributed by atoms with van der Waals surface area (Å²) in [5.74, 6) is 0.486. The fraction of sp³-hybridized carbons (Fsp3) is 0.400. The Morgan fingerprint density at radius 3 is 2.76 bits per heavy atom. The van der Waals surface area contributed by atoms with Crippen LogP contribution in [0, 0.1) is 6.92 Å². The Kier molecular flexibility index (Phi) is 4.90. The Morgan fingerprint density at radius 1 is 1.38 bits per heavy atom. The van der Waals surface area contributed by atoms with E-state index >= 15 is 0 Å². The van der Waals surface area contributed by atoms with Crippen molar-refractivity contribution in [1.29, 1.82) is 0 Å². The van der Waals surface area contributed by atoms with Crippen LogP contribution in [-0.4, -0.2) is 22.4 Å². The molecular weight excluding hydrogens is 284 g/mol. The highest BCUT2D eigenvalue weighted by Gasteiger charge is 2.11. The van der Waals surface area contributed by atoms with E-state index in [2.05, 4.69) is 15.3 Å². The van der Waals surface area contributed by atoms with Crippen molar-refractivity contribution >= 4 is 23.1 Å². The second-order valence-corrected chi connectivity index (χ2v) is 6.19. The van der Waals surface area contributed by atoms with Gasteiger partial charge in [0.25, 0.3) is 5.91 Å². The van der Waals surface area contributed by atoms with E-state index in [1.54, 1.807) is 23.5 Å². The second-order valence-electron chi connectivity index (χ2n) is 5.25. The molecule has 0 saturated carbocycles. The summed E-state index contributed by atoms with van der Waals surface area (Å²) in [5, 5.41) is 5.94. The third-order valence-corrected chi connectivity index (χ3v) is 4.04. The molecule has 6 heteroatoms. The van der Waals surface area contributed by atoms with Gasteiger partial charge in [-0.1, -0.05) is 13.8 Å². The molecule has 3 N–H and O–H groups in total. The molecule has 112 valence electrons. The molecule has 0 aliphatic heterocycles. The zero-order valence-electron chi connectivity index (χ0n) is 12.5. The average Bonchev–Trinajstić information content (AvgIpc) is 2.83. The molecule has 0 aliphatic rings. The highest BCUT2D eigenvalue weighted by molar-refractivity contribution is 7.09. The van der Waals surface area contributed by atoms with Crippen molar-refractivity contribution in [3.63, 3.8) is 0 Å². The molecule has 21 heavy (non-hydrogen) atoms. The van der Waals surface area contributed by atoms with Gasteiger partial charge in [0.1, 0.15) is 5.82 Å². The van der Waals surface area contributed by atoms with Gasteiger partial charge in [0.05, 0.1) is 5.01 Å². The first-order chi connectivity index (χ1) is 9.95. The van der Waals surface area contributed by atoms with Gasteiger partial charge in [0.2, 0.25) is 0 Å². The summed E-state index contributed by atoms with van der Waals surface area (Å²) >= 11 is 1.61. The SMILES string of the molecule is Cc1csc(CCNC(=O)c2cc(N)nc(C(C)C)c2)n1. The van der Waals surface area contributed by atoms with E-state index in [1.807, 2.05) is 26.2 Å². The Bertz CT molecular complexity index is 636. The lowest BCUT2D eigenvalue weighted by molar-refractivity contribution is 0.0954. The van der Waals surface area contributed by atoms with Crippen LogP contribution in [0.25, 0.3) is 0 Å². The lowest BCUT2D eigenvalue weighted by atomic mass is 10.1. The predicted molar refractivity (Wildman–Crippen MR) is 85.6 cm³/mol. The number of nitrogens with zero attached hydrogens (tertiary/aromatic N) is 2. The largest absolute Gasteiger partial charge is 0.384 e. The maximum absolute atomic E-state index is 12.2. The van der Waals surface area contributed by atoms with Crippen LogP contribution >= 0.6 is 11.3 Å². The number of amides is 1. The van der Waals surface area contributed by atoms with Crippen LogP contribution in [-0.2, 0) is 6.42 Å². The fourth-order valence-electron chi connectivity index (χ4n) is 1.90. The van der Waals surface area contributed by atoms with E-state index in [4.69, 9.17) is 5.73 Å². The molecular formula is C15H20N4OS. The number of carbonyl (C=O) groups is 1. The molecule has 2 aromatic heterocycles. The molecule has 0 spiro atoms. The predicted octanol–water partition coefficient (Wildman–Crippen LogP) is 2.52. The van der Waals surface area contributed by atoms with E-state index < -0.39 is 0 Å². The zero-order valence-corrected chi connectivity index (χ0v) is 13.3. The summed E-state index contributed by atoms with van der Waals surface area (Å²) in [7, 11) is 0. The Labute approximate surface area is 128 Å². The maximum atomic E-state index is 12.2. The summed E-state index contributed by atoms with van der Waals surface area (Å²) in [5.41, 5.74) is 8.16. The van der Waals surface area contributed by atoms with Crippen molar-refractivity contribution in [1.82, 2.24) is 15.3 Å². The first-order valence-electron chi connectivity index (χ1n) is 6.92. The standard InChI is InChI=1S/C15H20N4OS/c1-9(2)12-6-11(7-13(16)19-12)15(20)17-5-4-14-18-10(3)8-21-14/h6-9H,4-5H2,1-3H3,(H2,16,19)(H,17,20). The van der Waals surface area contributed by atoms with E-state index in [1.165, 1.54) is 0 Å². The molecule has 0 aromatic carbocycles. The van der Waals surface area contributed by atoms with Crippen LogP contribution in [0.15, 0.2) is 17.5 Å². The molecule has 0 fully saturated rings. The third-order valence-electron chi connectivity index (χ3n) is 3.01. The zero-order chi connectivity index (χ0) is 15.4. The van der Waals surface area contributed by atoms with E-state index in [9.17, 15) is 4.79 Å². The summed E-state index contributed by atoms with van der Waals surface area (Å²) in [6, 6.07) is 3.40. The number of rotatable bonds is 5. The van der Waals surface area contributed by atoms with Crippen LogP contribution in [0.2, 0.25) is 0 Å². The minimum Gasteiger partial charge on any atom is -0.384 e. The Hall–Kier alpha value is -1.95. The van der Waals surface area contributed by atoms with Gasteiger partial charge in [-0.15, -0.1) is 11.3 Å². The number of aryl methyl sites for hydroxylation is 1. The molecule has 5 nitrogen and oxygen atoms in total. The molecule has 0 radical (unpaired) electrons. The van der Waals surface area contributed by atoms with Gasteiger partial charge in [-0.05, 0) is 25.0 Å². The summed E-state index contributed by atoms with van der Waals surface area (Å²) in [4.78, 5) is 20.8. The average molecular weight is 304 g/mol. The van der Waals surface area contributed by atoms with E-state index in [0.29, 0.717) is 17.9 Å². The number of nitrogen functional groups attached to an aromatic ring is 1. The van der Waals surface area contributed by atoms with Gasteiger partial charge in [0.15, 0.2) is 0 Å². The van der Waals surface area contributed by atoms with Gasteiger partial charge in [-0.3, -0.25) is 4.79 Å². The van der Waals surface area contributed by atoms with Crippen LogP contribution < -0.4 is 11.1 Å². The van der Waals surface area contributed by atoms with Crippen molar-refractivity contribution in [2.45, 2.75) is 33.1 Å². The normalized spacial score (nSPS) is 10.9. The van der Waals surface area contributed by atoms with Gasteiger partial charge < -0.3 is 11.1 Å². The smallest absolute Gasteiger partial charge is 0.251 e. The highest BCUT2D eigenvalue weighted by Crippen LogP contribution is 2.16. The topological polar surface area (TPSA) is 80.9 Å². The monoisotopic (exact) mass is 304 g/mol. The van der Waals surface area contributed by atoms with Gasteiger partial charge >= 0.3 is 0 Å². The molecule has 2 aromatic rings. The van der Waals surface area contributed by atoms with Crippen molar-refractivity contribution in [2.75, 3.05) is 12.3 Å². The summed E-state index contributed by atoms with van der Waals surface area (Å²) in [6.07, 6.45) is 0.738. The quantitative estimate of drug-likeness (QED) is 0.889. The molecule has 2 heterocycles. The van der Waals surface area contributed by atoms with E-state index in [0.717, 1.165) is 22.8 Å². The molecule has 1 amide bonds. The maximum Gasteiger partial charge on any atom is 0.251 e. The molecule has 0 bridgehead atoms. The van der Waals surface area contributed by atoms with Crippen molar-refractivity contribution < 1.29 is 4.79 Å². The molecule has 2 rings (SSSR count). The summed E-state index contributed by atoms with van der Waals surface area (Å²) in [6.45, 7) is 6.57. The van der Waals surface area contributed by atoms with Crippen LogP contribution in [0.3, 0.4) is 0 Å². The van der Waals surface area contributed by atoms with E-state index in [-0.39, 0.29) is 11.8 Å². The number of nitrogens with one attached hydrogen (secondary N) is 1. The lowest BCUT2D eigenvalue weighted by Crippen LogP contribution is -2.26. The Balaban J connectivity index is 1.96.